The topological polar surface area (TPSA) is 158 Å². The van der Waals surface area contributed by atoms with Gasteiger partial charge in [-0.1, -0.05) is 0 Å². The summed E-state index contributed by atoms with van der Waals surface area (Å²) in [6, 6.07) is 0. The summed E-state index contributed by atoms with van der Waals surface area (Å²) in [5.41, 5.74) is 0.566. The molecule has 12 nitrogen and oxygen atoms in total. The minimum Gasteiger partial charge on any atom is -0.469 e. The van der Waals surface area contributed by atoms with Crippen molar-refractivity contribution in [2.24, 2.45) is 0 Å². The molecule has 0 aromatic heterocycles. The Hall–Kier alpha value is -3.70. The second kappa shape index (κ2) is 18.1. The van der Waals surface area contributed by atoms with Gasteiger partial charge in [-0.3, -0.25) is 19.2 Å². The van der Waals surface area contributed by atoms with Crippen molar-refractivity contribution in [3.63, 3.8) is 0 Å². The molecule has 0 bridgehead atoms. The standard InChI is InChI=1S/2C10H14O6/c2*1-14-8(11)4-7(5-9(12)15-2)6-10(13)16-3/h2*4H,5-6H2,1-3H3. The molecule has 0 N–H and O–H groups in total. The molecule has 0 aliphatic rings. The van der Waals surface area contributed by atoms with E-state index >= 15 is 0 Å². The molecule has 0 amide bonds. The third kappa shape index (κ3) is 16.1. The molecule has 0 atom stereocenters. The average Bonchev–Trinajstić information content (AvgIpc) is 2.78. The van der Waals surface area contributed by atoms with E-state index in [4.69, 9.17) is 0 Å². The van der Waals surface area contributed by atoms with Crippen LogP contribution in [0.3, 0.4) is 0 Å². The Morgan fingerprint density at radius 1 is 0.438 bits per heavy atom. The zero-order chi connectivity index (χ0) is 25.1. The number of rotatable bonds is 10. The molecule has 0 aromatic rings. The van der Waals surface area contributed by atoms with Crippen LogP contribution < -0.4 is 0 Å². The first-order valence-electron chi connectivity index (χ1n) is 8.88. The van der Waals surface area contributed by atoms with E-state index in [1.54, 1.807) is 0 Å². The maximum absolute atomic E-state index is 11.0. The fraction of sp³-hybridized carbons (Fsp3) is 0.500. The lowest BCUT2D eigenvalue weighted by Gasteiger charge is -2.04. The van der Waals surface area contributed by atoms with Crippen molar-refractivity contribution in [1.29, 1.82) is 0 Å². The van der Waals surface area contributed by atoms with Crippen LogP contribution in [-0.4, -0.2) is 78.5 Å². The smallest absolute Gasteiger partial charge is 0.330 e. The van der Waals surface area contributed by atoms with Gasteiger partial charge in [0, 0.05) is 12.2 Å². The van der Waals surface area contributed by atoms with Gasteiger partial charge in [0.1, 0.15) is 0 Å². The Bertz CT molecular complexity index is 631. The van der Waals surface area contributed by atoms with Gasteiger partial charge in [-0.25, -0.2) is 9.59 Å². The van der Waals surface area contributed by atoms with Crippen LogP contribution in [0.4, 0.5) is 0 Å². The molecule has 0 aliphatic carbocycles. The maximum atomic E-state index is 11.0. The van der Waals surface area contributed by atoms with Crippen molar-refractivity contribution in [2.75, 3.05) is 42.7 Å². The van der Waals surface area contributed by atoms with Gasteiger partial charge < -0.3 is 28.4 Å². The van der Waals surface area contributed by atoms with Crippen LogP contribution in [-0.2, 0) is 57.2 Å². The highest BCUT2D eigenvalue weighted by molar-refractivity contribution is 5.87. The van der Waals surface area contributed by atoms with Crippen LogP contribution in [0.5, 0.6) is 0 Å². The molecule has 0 aliphatic heterocycles. The van der Waals surface area contributed by atoms with Gasteiger partial charge in [-0.05, 0) is 11.1 Å². The Balaban J connectivity index is 0. The summed E-state index contributed by atoms with van der Waals surface area (Å²) in [7, 11) is 7.28. The van der Waals surface area contributed by atoms with Gasteiger partial charge in [0.25, 0.3) is 0 Å². The lowest BCUT2D eigenvalue weighted by molar-refractivity contribution is -0.142. The summed E-state index contributed by atoms with van der Waals surface area (Å²) in [5.74, 6) is -3.44. The first kappa shape index (κ1) is 30.5. The van der Waals surface area contributed by atoms with E-state index in [1.807, 2.05) is 0 Å². The number of carbonyl (C=O) groups is 6. The predicted molar refractivity (Wildman–Crippen MR) is 107 cm³/mol. The molecule has 180 valence electrons. The SMILES string of the molecule is COC(=O)C=C(CC(=O)OC)CC(=O)OC.COC(=O)C=C(CC(=O)OC)CC(=O)OC. The third-order valence-electron chi connectivity index (χ3n) is 3.44. The molecule has 0 heterocycles. The molecule has 0 aromatic carbocycles. The molecule has 0 unspecified atom stereocenters. The quantitative estimate of drug-likeness (QED) is 0.252. The highest BCUT2D eigenvalue weighted by atomic mass is 16.5. The van der Waals surface area contributed by atoms with E-state index in [-0.39, 0.29) is 36.8 Å². The van der Waals surface area contributed by atoms with Crippen molar-refractivity contribution < 1.29 is 57.2 Å². The summed E-state index contributed by atoms with van der Waals surface area (Å²) in [6.07, 6.45) is 1.55. The zero-order valence-corrected chi connectivity index (χ0v) is 18.9. The number of esters is 6. The molecule has 0 spiro atoms. The van der Waals surface area contributed by atoms with Crippen LogP contribution in [0, 0.1) is 0 Å². The fourth-order valence-electron chi connectivity index (χ4n) is 1.81. The summed E-state index contributed by atoms with van der Waals surface area (Å²) in [4.78, 5) is 65.9. The zero-order valence-electron chi connectivity index (χ0n) is 18.9. The van der Waals surface area contributed by atoms with Crippen molar-refractivity contribution in [3.05, 3.63) is 23.3 Å². The summed E-state index contributed by atoms with van der Waals surface area (Å²) in [6.45, 7) is 0. The van der Waals surface area contributed by atoms with E-state index in [9.17, 15) is 28.8 Å². The van der Waals surface area contributed by atoms with E-state index in [0.29, 0.717) is 0 Å². The van der Waals surface area contributed by atoms with Gasteiger partial charge in [0.2, 0.25) is 0 Å². The van der Waals surface area contributed by atoms with Crippen molar-refractivity contribution in [3.8, 4) is 0 Å². The van der Waals surface area contributed by atoms with Crippen molar-refractivity contribution >= 4 is 35.8 Å². The molecule has 0 saturated heterocycles. The lowest BCUT2D eigenvalue weighted by atomic mass is 10.1. The van der Waals surface area contributed by atoms with Crippen molar-refractivity contribution in [2.45, 2.75) is 25.7 Å². The van der Waals surface area contributed by atoms with Crippen LogP contribution >= 0.6 is 0 Å². The first-order chi connectivity index (χ1) is 15.1. The second-order valence-electron chi connectivity index (χ2n) is 5.66. The first-order valence-corrected chi connectivity index (χ1v) is 8.88. The van der Waals surface area contributed by atoms with Crippen LogP contribution in [0.25, 0.3) is 0 Å². The van der Waals surface area contributed by atoms with Crippen molar-refractivity contribution in [1.82, 2.24) is 0 Å². The van der Waals surface area contributed by atoms with E-state index in [2.05, 4.69) is 28.4 Å². The van der Waals surface area contributed by atoms with Gasteiger partial charge in [0.15, 0.2) is 0 Å². The highest BCUT2D eigenvalue weighted by Gasteiger charge is 2.14. The summed E-state index contributed by atoms with van der Waals surface area (Å²) in [5, 5.41) is 0. The largest absolute Gasteiger partial charge is 0.469 e. The Labute approximate surface area is 185 Å². The Morgan fingerprint density at radius 3 is 0.812 bits per heavy atom. The Morgan fingerprint density at radius 2 is 0.656 bits per heavy atom. The number of methoxy groups -OCH3 is 6. The number of hydrogen-bond acceptors (Lipinski definition) is 12. The minimum absolute atomic E-state index is 0.152. The lowest BCUT2D eigenvalue weighted by Crippen LogP contribution is -2.09. The number of carbonyl (C=O) groups excluding carboxylic acids is 6. The predicted octanol–water partition coefficient (Wildman–Crippen LogP) is 0.424. The third-order valence-corrected chi connectivity index (χ3v) is 3.44. The minimum atomic E-state index is -0.636. The maximum Gasteiger partial charge on any atom is 0.330 e. The van der Waals surface area contributed by atoms with Gasteiger partial charge in [0.05, 0.1) is 68.3 Å². The molecule has 0 rings (SSSR count). The molecular weight excluding hydrogens is 432 g/mol. The van der Waals surface area contributed by atoms with Crippen LogP contribution in [0.15, 0.2) is 23.3 Å². The number of ether oxygens (including phenoxy) is 6. The summed E-state index contributed by atoms with van der Waals surface area (Å²) >= 11 is 0. The molecule has 32 heavy (non-hydrogen) atoms. The van der Waals surface area contributed by atoms with Gasteiger partial charge in [-0.15, -0.1) is 0 Å². The fourth-order valence-corrected chi connectivity index (χ4v) is 1.81. The van der Waals surface area contributed by atoms with E-state index in [1.165, 1.54) is 42.7 Å². The summed E-state index contributed by atoms with van der Waals surface area (Å²) < 4.78 is 26.5. The van der Waals surface area contributed by atoms with E-state index < -0.39 is 35.8 Å². The van der Waals surface area contributed by atoms with Gasteiger partial charge >= 0.3 is 35.8 Å². The van der Waals surface area contributed by atoms with Crippen LogP contribution in [0.2, 0.25) is 0 Å². The van der Waals surface area contributed by atoms with Crippen LogP contribution in [0.1, 0.15) is 25.7 Å². The molecule has 0 fully saturated rings. The van der Waals surface area contributed by atoms with Gasteiger partial charge in [-0.2, -0.15) is 0 Å². The number of hydrogen-bond donors (Lipinski definition) is 0. The molecule has 12 heteroatoms. The molecule has 0 saturated carbocycles. The highest BCUT2D eigenvalue weighted by Crippen LogP contribution is 2.10. The Kier molecular flexibility index (Phi) is 17.2. The second-order valence-corrected chi connectivity index (χ2v) is 5.66. The molecular formula is C20H28O12. The van der Waals surface area contributed by atoms with E-state index in [0.717, 1.165) is 12.2 Å². The monoisotopic (exact) mass is 460 g/mol. The molecule has 0 radical (unpaired) electrons. The normalized spacial score (nSPS) is 8.94. The average molecular weight is 460 g/mol.